The molecule has 1 amide bonds. The van der Waals surface area contributed by atoms with Crippen molar-refractivity contribution >= 4 is 11.6 Å². The maximum absolute atomic E-state index is 11.6. The second-order valence-electron chi connectivity index (χ2n) is 4.61. The second-order valence-corrected chi connectivity index (χ2v) is 4.61. The van der Waals surface area contributed by atoms with Gasteiger partial charge in [-0.25, -0.2) is 5.84 Å². The molecule has 0 spiro atoms. The van der Waals surface area contributed by atoms with Gasteiger partial charge >= 0.3 is 0 Å². The van der Waals surface area contributed by atoms with E-state index >= 15 is 0 Å². The monoisotopic (exact) mass is 273 g/mol. The number of hydrogen-bond donors (Lipinski definition) is 2. The quantitative estimate of drug-likeness (QED) is 0.497. The van der Waals surface area contributed by atoms with Crippen molar-refractivity contribution in [2.45, 2.75) is 19.9 Å². The number of nitrogens with zero attached hydrogens (tertiary/aromatic N) is 1. The maximum atomic E-state index is 11.6. The third-order valence-electron chi connectivity index (χ3n) is 3.29. The SMILES string of the molecule is CCc1ccc(N(C)Cc2occc2C(=O)NN)cc1. The molecule has 0 saturated carbocycles. The minimum atomic E-state index is -0.344. The van der Waals surface area contributed by atoms with Gasteiger partial charge in [0, 0.05) is 12.7 Å². The Morgan fingerprint density at radius 1 is 1.30 bits per heavy atom. The Morgan fingerprint density at radius 3 is 2.60 bits per heavy atom. The van der Waals surface area contributed by atoms with E-state index in [2.05, 4.69) is 36.6 Å². The molecule has 3 N–H and O–H groups in total. The van der Waals surface area contributed by atoms with Crippen LogP contribution in [0.5, 0.6) is 0 Å². The van der Waals surface area contributed by atoms with Crippen LogP contribution >= 0.6 is 0 Å². The summed E-state index contributed by atoms with van der Waals surface area (Å²) < 4.78 is 5.37. The Balaban J connectivity index is 2.12. The molecule has 0 aliphatic carbocycles. The summed E-state index contributed by atoms with van der Waals surface area (Å²) in [6.07, 6.45) is 2.51. The van der Waals surface area contributed by atoms with Crippen LogP contribution in [-0.4, -0.2) is 13.0 Å². The number of nitrogens with one attached hydrogen (secondary N) is 1. The van der Waals surface area contributed by atoms with Gasteiger partial charge in [-0.05, 0) is 30.2 Å². The number of carbonyl (C=O) groups is 1. The van der Waals surface area contributed by atoms with Gasteiger partial charge in [0.05, 0.1) is 18.4 Å². The number of amides is 1. The van der Waals surface area contributed by atoms with E-state index in [4.69, 9.17) is 10.3 Å². The molecule has 106 valence electrons. The fourth-order valence-corrected chi connectivity index (χ4v) is 2.04. The number of benzene rings is 1. The summed E-state index contributed by atoms with van der Waals surface area (Å²) in [6.45, 7) is 2.63. The lowest BCUT2D eigenvalue weighted by molar-refractivity contribution is 0.0951. The Morgan fingerprint density at radius 2 is 2.00 bits per heavy atom. The van der Waals surface area contributed by atoms with Gasteiger partial charge in [0.2, 0.25) is 0 Å². The molecule has 20 heavy (non-hydrogen) atoms. The maximum Gasteiger partial charge on any atom is 0.268 e. The molecule has 1 aromatic carbocycles. The highest BCUT2D eigenvalue weighted by Gasteiger charge is 2.15. The predicted molar refractivity (Wildman–Crippen MR) is 78.3 cm³/mol. The van der Waals surface area contributed by atoms with Gasteiger partial charge in [-0.1, -0.05) is 19.1 Å². The molecule has 0 saturated heterocycles. The standard InChI is InChI=1S/C15H19N3O2/c1-3-11-4-6-12(7-5-11)18(2)10-14-13(8-9-20-14)15(19)17-16/h4-9H,3,10,16H2,1-2H3,(H,17,19). The molecule has 0 atom stereocenters. The first-order valence-electron chi connectivity index (χ1n) is 6.53. The number of hydrazine groups is 1. The Bertz CT molecular complexity index is 575. The highest BCUT2D eigenvalue weighted by Crippen LogP contribution is 2.19. The van der Waals surface area contributed by atoms with E-state index in [1.54, 1.807) is 6.07 Å². The van der Waals surface area contributed by atoms with Crippen molar-refractivity contribution in [1.82, 2.24) is 5.43 Å². The molecule has 1 aromatic heterocycles. The summed E-state index contributed by atoms with van der Waals surface area (Å²) in [4.78, 5) is 13.6. The van der Waals surface area contributed by atoms with Gasteiger partial charge in [-0.3, -0.25) is 10.2 Å². The molecule has 0 bridgehead atoms. The first-order chi connectivity index (χ1) is 9.65. The van der Waals surface area contributed by atoms with Crippen LogP contribution in [0.2, 0.25) is 0 Å². The van der Waals surface area contributed by atoms with Crippen molar-refractivity contribution in [1.29, 1.82) is 0 Å². The van der Waals surface area contributed by atoms with E-state index in [0.29, 0.717) is 17.9 Å². The third kappa shape index (κ3) is 3.00. The van der Waals surface area contributed by atoms with Crippen LogP contribution in [-0.2, 0) is 13.0 Å². The average Bonchev–Trinajstić information content (AvgIpc) is 2.94. The largest absolute Gasteiger partial charge is 0.467 e. The van der Waals surface area contributed by atoms with Crippen molar-refractivity contribution in [3.8, 4) is 0 Å². The lowest BCUT2D eigenvalue weighted by atomic mass is 10.1. The molecule has 0 aliphatic heterocycles. The summed E-state index contributed by atoms with van der Waals surface area (Å²) in [5, 5.41) is 0. The molecule has 5 nitrogen and oxygen atoms in total. The normalized spacial score (nSPS) is 10.3. The first kappa shape index (κ1) is 14.1. The number of carbonyl (C=O) groups excluding carboxylic acids is 1. The molecular formula is C15H19N3O2. The summed E-state index contributed by atoms with van der Waals surface area (Å²) >= 11 is 0. The molecule has 2 aromatic rings. The Kier molecular flexibility index (Phi) is 4.42. The fourth-order valence-electron chi connectivity index (χ4n) is 2.04. The van der Waals surface area contributed by atoms with Gasteiger partial charge in [0.15, 0.2) is 0 Å². The van der Waals surface area contributed by atoms with E-state index < -0.39 is 0 Å². The van der Waals surface area contributed by atoms with E-state index in [9.17, 15) is 4.79 Å². The van der Waals surface area contributed by atoms with E-state index in [1.165, 1.54) is 11.8 Å². The van der Waals surface area contributed by atoms with Gasteiger partial charge in [0.1, 0.15) is 5.76 Å². The Labute approximate surface area is 118 Å². The smallest absolute Gasteiger partial charge is 0.268 e. The number of aryl methyl sites for hydroxylation is 1. The highest BCUT2D eigenvalue weighted by atomic mass is 16.3. The lowest BCUT2D eigenvalue weighted by Gasteiger charge is -2.18. The van der Waals surface area contributed by atoms with Gasteiger partial charge in [0.25, 0.3) is 5.91 Å². The van der Waals surface area contributed by atoms with Crippen molar-refractivity contribution in [3.05, 3.63) is 53.5 Å². The zero-order valence-electron chi connectivity index (χ0n) is 11.7. The van der Waals surface area contributed by atoms with Crippen LogP contribution in [0.1, 0.15) is 28.6 Å². The van der Waals surface area contributed by atoms with Gasteiger partial charge < -0.3 is 9.32 Å². The minimum Gasteiger partial charge on any atom is -0.467 e. The van der Waals surface area contributed by atoms with Crippen molar-refractivity contribution in [3.63, 3.8) is 0 Å². The lowest BCUT2D eigenvalue weighted by Crippen LogP contribution is -2.31. The van der Waals surface area contributed by atoms with Crippen LogP contribution in [0.15, 0.2) is 41.0 Å². The molecule has 1 heterocycles. The second kappa shape index (κ2) is 6.25. The highest BCUT2D eigenvalue weighted by molar-refractivity contribution is 5.94. The molecule has 0 unspecified atom stereocenters. The minimum absolute atomic E-state index is 0.344. The number of nitrogens with two attached hydrogens (primary N) is 1. The molecule has 0 aliphatic rings. The fraction of sp³-hybridized carbons (Fsp3) is 0.267. The topological polar surface area (TPSA) is 71.5 Å². The molecule has 2 rings (SSSR count). The van der Waals surface area contributed by atoms with Crippen molar-refractivity contribution < 1.29 is 9.21 Å². The Hall–Kier alpha value is -2.27. The third-order valence-corrected chi connectivity index (χ3v) is 3.29. The van der Waals surface area contributed by atoms with Crippen LogP contribution in [0.3, 0.4) is 0 Å². The van der Waals surface area contributed by atoms with Crippen LogP contribution in [0.25, 0.3) is 0 Å². The van der Waals surface area contributed by atoms with Crippen LogP contribution in [0, 0.1) is 0 Å². The summed E-state index contributed by atoms with van der Waals surface area (Å²) in [5.41, 5.74) is 4.94. The molecular weight excluding hydrogens is 254 g/mol. The summed E-state index contributed by atoms with van der Waals surface area (Å²) in [6, 6.07) is 9.93. The predicted octanol–water partition coefficient (Wildman–Crippen LogP) is 2.08. The summed E-state index contributed by atoms with van der Waals surface area (Å²) in [5.74, 6) is 5.40. The van der Waals surface area contributed by atoms with Gasteiger partial charge in [-0.2, -0.15) is 0 Å². The van der Waals surface area contributed by atoms with E-state index in [1.807, 2.05) is 11.9 Å². The molecule has 0 radical (unpaired) electrons. The number of furan rings is 1. The van der Waals surface area contributed by atoms with Crippen molar-refractivity contribution in [2.75, 3.05) is 11.9 Å². The van der Waals surface area contributed by atoms with E-state index in [-0.39, 0.29) is 5.91 Å². The van der Waals surface area contributed by atoms with Crippen LogP contribution < -0.4 is 16.2 Å². The number of hydrogen-bond acceptors (Lipinski definition) is 4. The summed E-state index contributed by atoms with van der Waals surface area (Å²) in [7, 11) is 1.95. The van der Waals surface area contributed by atoms with Gasteiger partial charge in [-0.15, -0.1) is 0 Å². The zero-order valence-corrected chi connectivity index (χ0v) is 11.7. The van der Waals surface area contributed by atoms with Crippen LogP contribution in [0.4, 0.5) is 5.69 Å². The number of anilines is 1. The number of rotatable bonds is 5. The molecule has 5 heteroatoms. The average molecular weight is 273 g/mol. The zero-order chi connectivity index (χ0) is 14.5. The van der Waals surface area contributed by atoms with Crippen molar-refractivity contribution in [2.24, 2.45) is 5.84 Å². The molecule has 0 fully saturated rings. The first-order valence-corrected chi connectivity index (χ1v) is 6.53. The number of nitrogen functional groups attached to an aromatic ring is 1. The van der Waals surface area contributed by atoms with E-state index in [0.717, 1.165) is 12.1 Å².